The Morgan fingerprint density at radius 2 is 1.03 bits per heavy atom. The number of benzene rings is 8. The molecule has 0 bridgehead atoms. The molecule has 62 heavy (non-hydrogen) atoms. The Hall–Kier alpha value is -8.08. The number of fused-ring (bicyclic) bond motifs is 6. The molecule has 0 saturated heterocycles. The smallest absolute Gasteiger partial charge is 0.235 e. The molecule has 1 atom stereocenters. The van der Waals surface area contributed by atoms with Crippen LogP contribution in [0.15, 0.2) is 230 Å². The van der Waals surface area contributed by atoms with Crippen molar-refractivity contribution in [2.24, 2.45) is 0 Å². The van der Waals surface area contributed by atoms with Gasteiger partial charge in [-0.25, -0.2) is 9.97 Å². The summed E-state index contributed by atoms with van der Waals surface area (Å²) in [6, 6.07) is 73.9. The number of para-hydroxylation sites is 2. The van der Waals surface area contributed by atoms with Crippen molar-refractivity contribution in [2.45, 2.75) is 12.3 Å². The van der Waals surface area contributed by atoms with Gasteiger partial charge in [0.2, 0.25) is 5.95 Å². The van der Waals surface area contributed by atoms with E-state index < -0.39 is 0 Å². The first-order valence-corrected chi connectivity index (χ1v) is 21.3. The van der Waals surface area contributed by atoms with E-state index in [0.717, 1.165) is 34.3 Å². The SMILES string of the molecule is C1=C(c2ccc3c(c2)c2ccccc2n3-c2nccc(-c3cccc(-c4ccc(-c5ccccc5)cc4)c3)n2)CC2C(=C1)N(c1ccc(-c3ccccc3)cc1)c1ccccc12. The number of rotatable bonds is 7. The van der Waals surface area contributed by atoms with Gasteiger partial charge in [-0.15, -0.1) is 0 Å². The second kappa shape index (κ2) is 14.9. The molecule has 0 radical (unpaired) electrons. The highest BCUT2D eigenvalue weighted by atomic mass is 15.2. The third-order valence-corrected chi connectivity index (χ3v) is 12.7. The number of aromatic nitrogens is 3. The average Bonchev–Trinajstić information content (AvgIpc) is 3.87. The van der Waals surface area contributed by atoms with Gasteiger partial charge >= 0.3 is 0 Å². The number of nitrogens with zero attached hydrogens (tertiary/aromatic N) is 4. The van der Waals surface area contributed by atoms with Gasteiger partial charge in [-0.3, -0.25) is 4.57 Å². The maximum atomic E-state index is 5.22. The maximum absolute atomic E-state index is 5.22. The molecule has 292 valence electrons. The van der Waals surface area contributed by atoms with E-state index in [2.05, 4.69) is 222 Å². The highest BCUT2D eigenvalue weighted by Gasteiger charge is 2.36. The van der Waals surface area contributed by atoms with Crippen molar-refractivity contribution in [1.29, 1.82) is 0 Å². The Morgan fingerprint density at radius 3 is 1.81 bits per heavy atom. The Labute approximate surface area is 361 Å². The fourth-order valence-electron chi connectivity index (χ4n) is 9.60. The number of hydrogen-bond donors (Lipinski definition) is 0. The van der Waals surface area contributed by atoms with E-state index >= 15 is 0 Å². The second-order valence-corrected chi connectivity index (χ2v) is 16.2. The van der Waals surface area contributed by atoms with Gasteiger partial charge in [0.1, 0.15) is 0 Å². The zero-order valence-corrected chi connectivity index (χ0v) is 33.9. The van der Waals surface area contributed by atoms with E-state index in [1.54, 1.807) is 0 Å². The molecule has 4 nitrogen and oxygen atoms in total. The van der Waals surface area contributed by atoms with Crippen molar-refractivity contribution in [1.82, 2.24) is 14.5 Å². The molecule has 2 aliphatic rings. The molecule has 10 aromatic rings. The molecule has 4 heteroatoms. The molecule has 2 aromatic heterocycles. The van der Waals surface area contributed by atoms with E-state index in [-0.39, 0.29) is 5.92 Å². The van der Waals surface area contributed by atoms with E-state index in [0.29, 0.717) is 5.95 Å². The van der Waals surface area contributed by atoms with Crippen LogP contribution >= 0.6 is 0 Å². The second-order valence-electron chi connectivity index (χ2n) is 16.2. The lowest BCUT2D eigenvalue weighted by Gasteiger charge is -2.26. The molecule has 0 saturated carbocycles. The lowest BCUT2D eigenvalue weighted by Crippen LogP contribution is -2.15. The summed E-state index contributed by atoms with van der Waals surface area (Å²) in [5, 5.41) is 2.37. The predicted octanol–water partition coefficient (Wildman–Crippen LogP) is 14.8. The largest absolute Gasteiger partial charge is 0.313 e. The van der Waals surface area contributed by atoms with Gasteiger partial charge in [0, 0.05) is 45.5 Å². The quantitative estimate of drug-likeness (QED) is 0.161. The molecule has 1 aliphatic carbocycles. The van der Waals surface area contributed by atoms with Crippen LogP contribution in [0.2, 0.25) is 0 Å². The molecule has 0 amide bonds. The summed E-state index contributed by atoms with van der Waals surface area (Å²) in [6.45, 7) is 0. The van der Waals surface area contributed by atoms with Crippen molar-refractivity contribution >= 4 is 38.8 Å². The van der Waals surface area contributed by atoms with Crippen molar-refractivity contribution in [2.75, 3.05) is 4.90 Å². The summed E-state index contributed by atoms with van der Waals surface area (Å²) in [7, 11) is 0. The molecular formula is C58H40N4. The summed E-state index contributed by atoms with van der Waals surface area (Å²) in [5.74, 6) is 0.920. The first-order valence-electron chi connectivity index (χ1n) is 21.3. The van der Waals surface area contributed by atoms with Crippen LogP contribution in [0.1, 0.15) is 23.5 Å². The lowest BCUT2D eigenvalue weighted by atomic mass is 9.84. The number of anilines is 2. The Bertz CT molecular complexity index is 3360. The van der Waals surface area contributed by atoms with Gasteiger partial charge in [-0.1, -0.05) is 164 Å². The minimum absolute atomic E-state index is 0.264. The average molecular weight is 793 g/mol. The van der Waals surface area contributed by atoms with Crippen molar-refractivity contribution < 1.29 is 0 Å². The van der Waals surface area contributed by atoms with Crippen molar-refractivity contribution in [3.8, 4) is 50.6 Å². The van der Waals surface area contributed by atoms with Gasteiger partial charge in [0.15, 0.2) is 0 Å². The van der Waals surface area contributed by atoms with Gasteiger partial charge in [-0.2, -0.15) is 0 Å². The molecule has 0 spiro atoms. The van der Waals surface area contributed by atoms with Crippen molar-refractivity contribution in [3.05, 3.63) is 241 Å². The van der Waals surface area contributed by atoms with Crippen LogP contribution < -0.4 is 4.90 Å². The van der Waals surface area contributed by atoms with Crippen LogP contribution in [0.3, 0.4) is 0 Å². The fraction of sp³-hybridized carbons (Fsp3) is 0.0345. The summed E-state index contributed by atoms with van der Waals surface area (Å²) in [5.41, 5.74) is 19.0. The Balaban J connectivity index is 0.877. The zero-order chi connectivity index (χ0) is 41.0. The van der Waals surface area contributed by atoms with Crippen LogP contribution in [0.5, 0.6) is 0 Å². The van der Waals surface area contributed by atoms with Gasteiger partial charge in [0.05, 0.1) is 16.7 Å². The fourth-order valence-corrected chi connectivity index (χ4v) is 9.60. The monoisotopic (exact) mass is 792 g/mol. The topological polar surface area (TPSA) is 34.0 Å². The van der Waals surface area contributed by atoms with Crippen LogP contribution in [0.25, 0.3) is 78.0 Å². The van der Waals surface area contributed by atoms with E-state index in [4.69, 9.17) is 9.97 Å². The Kier molecular flexibility index (Phi) is 8.60. The van der Waals surface area contributed by atoms with Crippen LogP contribution in [0.4, 0.5) is 11.4 Å². The van der Waals surface area contributed by atoms with Gasteiger partial charge < -0.3 is 4.90 Å². The highest BCUT2D eigenvalue weighted by molar-refractivity contribution is 6.10. The molecule has 1 aliphatic heterocycles. The first-order chi connectivity index (χ1) is 30.7. The number of allylic oxidation sites excluding steroid dienone is 4. The maximum Gasteiger partial charge on any atom is 0.235 e. The van der Waals surface area contributed by atoms with Crippen LogP contribution in [-0.4, -0.2) is 14.5 Å². The van der Waals surface area contributed by atoms with E-state index in [9.17, 15) is 0 Å². The molecule has 8 aromatic carbocycles. The first kappa shape index (κ1) is 35.8. The summed E-state index contributed by atoms with van der Waals surface area (Å²) >= 11 is 0. The van der Waals surface area contributed by atoms with Gasteiger partial charge in [0.25, 0.3) is 0 Å². The zero-order valence-electron chi connectivity index (χ0n) is 33.9. The Morgan fingerprint density at radius 1 is 0.435 bits per heavy atom. The molecule has 0 N–H and O–H groups in total. The number of hydrogen-bond acceptors (Lipinski definition) is 3. The molecule has 12 rings (SSSR count). The third kappa shape index (κ3) is 6.15. The summed E-state index contributed by atoms with van der Waals surface area (Å²) in [6.07, 6.45) is 7.48. The van der Waals surface area contributed by atoms with Crippen LogP contribution in [-0.2, 0) is 0 Å². The highest BCUT2D eigenvalue weighted by Crippen LogP contribution is 2.53. The summed E-state index contributed by atoms with van der Waals surface area (Å²) in [4.78, 5) is 12.6. The van der Waals surface area contributed by atoms with Gasteiger partial charge in [-0.05, 0) is 111 Å². The molecule has 3 heterocycles. The minimum atomic E-state index is 0.264. The normalized spacial score (nSPS) is 14.4. The molecule has 0 fully saturated rings. The lowest BCUT2D eigenvalue weighted by molar-refractivity contribution is 0.832. The van der Waals surface area contributed by atoms with E-state index in [1.807, 2.05) is 12.3 Å². The minimum Gasteiger partial charge on any atom is -0.313 e. The molecular weight excluding hydrogens is 753 g/mol. The molecule has 1 unspecified atom stereocenters. The summed E-state index contributed by atoms with van der Waals surface area (Å²) < 4.78 is 2.21. The van der Waals surface area contributed by atoms with E-state index in [1.165, 1.54) is 72.4 Å². The predicted molar refractivity (Wildman–Crippen MR) is 257 cm³/mol. The van der Waals surface area contributed by atoms with Crippen molar-refractivity contribution in [3.63, 3.8) is 0 Å². The van der Waals surface area contributed by atoms with Crippen LogP contribution in [0, 0.1) is 0 Å². The third-order valence-electron chi connectivity index (χ3n) is 12.7. The standard InChI is InChI=1S/C58H40N4/c1-3-12-39(13-4-1)41-22-24-43(25-23-41)44-16-11-17-47(36-44)53-34-35-59-58(60-53)62-55-21-10-8-19-50(55)52-38-46(29-33-57(52)62)45-28-32-56-51(37-45)49-18-7-9-20-54(49)61(56)48-30-26-42(27-31-48)40-14-5-2-6-15-40/h1-36,38,51H,37H2.